The van der Waals surface area contributed by atoms with Crippen LogP contribution >= 0.6 is 23.1 Å². The van der Waals surface area contributed by atoms with Gasteiger partial charge in [-0.25, -0.2) is 4.98 Å². The van der Waals surface area contributed by atoms with Gasteiger partial charge in [0.05, 0.1) is 0 Å². The van der Waals surface area contributed by atoms with Gasteiger partial charge in [-0.3, -0.25) is 0 Å². The van der Waals surface area contributed by atoms with Gasteiger partial charge < -0.3 is 4.98 Å². The number of aromatic amines is 1. The van der Waals surface area contributed by atoms with Crippen LogP contribution in [0.2, 0.25) is 0 Å². The lowest BCUT2D eigenvalue weighted by Crippen LogP contribution is -1.91. The van der Waals surface area contributed by atoms with E-state index >= 15 is 0 Å². The Bertz CT molecular complexity index is 867. The molecule has 0 spiro atoms. The van der Waals surface area contributed by atoms with Crippen LogP contribution in [0, 0.1) is 0 Å². The van der Waals surface area contributed by atoms with Crippen molar-refractivity contribution in [2.24, 2.45) is 0 Å². The van der Waals surface area contributed by atoms with Crippen molar-refractivity contribution in [2.75, 3.05) is 0 Å². The highest BCUT2D eigenvalue weighted by atomic mass is 32.2. The number of thioether (sulfide) groups is 1. The maximum atomic E-state index is 4.55. The van der Waals surface area contributed by atoms with Crippen LogP contribution in [0.1, 0.15) is 4.88 Å². The molecule has 0 saturated carbocycles. The largest absolute Gasteiger partial charge is 0.338 e. The van der Waals surface area contributed by atoms with Crippen molar-refractivity contribution in [3.63, 3.8) is 0 Å². The Morgan fingerprint density at radius 1 is 1.10 bits per heavy atom. The average Bonchev–Trinajstić information content (AvgIpc) is 3.12. The van der Waals surface area contributed by atoms with Crippen LogP contribution < -0.4 is 0 Å². The highest BCUT2D eigenvalue weighted by Gasteiger charge is 2.09. The zero-order chi connectivity index (χ0) is 13.4. The predicted octanol–water partition coefficient (Wildman–Crippen LogP) is 3.86. The molecule has 1 aromatic carbocycles. The molecule has 0 saturated heterocycles. The zero-order valence-corrected chi connectivity index (χ0v) is 12.0. The van der Waals surface area contributed by atoms with Crippen molar-refractivity contribution in [3.8, 4) is 0 Å². The standard InChI is InChI=1S/C14H10N4S2/c1-2-6-11-10(5-1)12-13(15-11)16-14(18-17-12)20-8-9-4-3-7-19-9/h1-7H,8H2,(H,15,16,18). The van der Waals surface area contributed by atoms with Crippen molar-refractivity contribution in [3.05, 3.63) is 46.7 Å². The molecule has 0 unspecified atom stereocenters. The molecule has 3 aromatic heterocycles. The number of aromatic nitrogens is 4. The van der Waals surface area contributed by atoms with Crippen molar-refractivity contribution in [2.45, 2.75) is 10.9 Å². The molecule has 0 aliphatic rings. The molecule has 98 valence electrons. The second-order valence-corrected chi connectivity index (χ2v) is 6.30. The number of thiophene rings is 1. The van der Waals surface area contributed by atoms with E-state index < -0.39 is 0 Å². The van der Waals surface area contributed by atoms with Crippen molar-refractivity contribution in [1.82, 2.24) is 20.2 Å². The van der Waals surface area contributed by atoms with Crippen molar-refractivity contribution >= 4 is 45.2 Å². The second kappa shape index (κ2) is 4.88. The quantitative estimate of drug-likeness (QED) is 0.584. The fourth-order valence-electron chi connectivity index (χ4n) is 2.10. The Morgan fingerprint density at radius 3 is 2.95 bits per heavy atom. The molecule has 4 nitrogen and oxygen atoms in total. The third kappa shape index (κ3) is 2.07. The van der Waals surface area contributed by atoms with Crippen LogP contribution in [0.5, 0.6) is 0 Å². The number of hydrogen-bond donors (Lipinski definition) is 1. The van der Waals surface area contributed by atoms with Crippen LogP contribution in [-0.2, 0) is 5.75 Å². The first kappa shape index (κ1) is 11.9. The van der Waals surface area contributed by atoms with Gasteiger partial charge in [-0.2, -0.15) is 0 Å². The van der Waals surface area contributed by atoms with E-state index in [1.165, 1.54) is 4.88 Å². The molecule has 4 rings (SSSR count). The zero-order valence-electron chi connectivity index (χ0n) is 10.4. The highest BCUT2D eigenvalue weighted by molar-refractivity contribution is 7.98. The Morgan fingerprint density at radius 2 is 2.05 bits per heavy atom. The molecule has 0 bridgehead atoms. The average molecular weight is 298 g/mol. The Labute approximate surface area is 123 Å². The maximum absolute atomic E-state index is 4.55. The minimum Gasteiger partial charge on any atom is -0.338 e. The Kier molecular flexibility index (Phi) is 2.90. The number of nitrogens with zero attached hydrogens (tertiary/aromatic N) is 3. The monoisotopic (exact) mass is 298 g/mol. The molecular formula is C14H10N4S2. The topological polar surface area (TPSA) is 54.5 Å². The SMILES string of the molecule is c1csc(CSc2nnc3c(n2)[nH]c2ccccc23)c1. The molecule has 0 amide bonds. The number of benzene rings is 1. The lowest BCUT2D eigenvalue weighted by Gasteiger charge is -1.97. The molecule has 20 heavy (non-hydrogen) atoms. The summed E-state index contributed by atoms with van der Waals surface area (Å²) in [5.74, 6) is 0.880. The van der Waals surface area contributed by atoms with Gasteiger partial charge in [0.25, 0.3) is 0 Å². The van der Waals surface area contributed by atoms with Gasteiger partial charge in [0.1, 0.15) is 5.52 Å². The third-order valence-electron chi connectivity index (χ3n) is 3.03. The molecule has 1 N–H and O–H groups in total. The summed E-state index contributed by atoms with van der Waals surface area (Å²) in [4.78, 5) is 9.15. The van der Waals surface area contributed by atoms with Crippen LogP contribution in [0.3, 0.4) is 0 Å². The fourth-order valence-corrected chi connectivity index (χ4v) is 3.66. The molecule has 0 fully saturated rings. The van der Waals surface area contributed by atoms with Crippen LogP contribution in [-0.4, -0.2) is 20.2 Å². The smallest absolute Gasteiger partial charge is 0.211 e. The molecule has 4 aromatic rings. The van der Waals surface area contributed by atoms with Gasteiger partial charge in [-0.05, 0) is 17.5 Å². The van der Waals surface area contributed by atoms with E-state index in [9.17, 15) is 0 Å². The molecule has 6 heteroatoms. The third-order valence-corrected chi connectivity index (χ3v) is 4.97. The van der Waals surface area contributed by atoms with E-state index in [4.69, 9.17) is 0 Å². The first-order chi connectivity index (χ1) is 9.90. The highest BCUT2D eigenvalue weighted by Crippen LogP contribution is 2.25. The summed E-state index contributed by atoms with van der Waals surface area (Å²) in [7, 11) is 0. The molecule has 0 aliphatic heterocycles. The van der Waals surface area contributed by atoms with Gasteiger partial charge in [-0.1, -0.05) is 36.0 Å². The maximum Gasteiger partial charge on any atom is 0.211 e. The van der Waals surface area contributed by atoms with Gasteiger partial charge in [0.2, 0.25) is 5.16 Å². The first-order valence-electron chi connectivity index (χ1n) is 6.16. The number of para-hydroxylation sites is 1. The summed E-state index contributed by atoms with van der Waals surface area (Å²) in [5.41, 5.74) is 2.68. The minimum atomic E-state index is 0.706. The van der Waals surface area contributed by atoms with Crippen LogP contribution in [0.4, 0.5) is 0 Å². The van der Waals surface area contributed by atoms with E-state index in [2.05, 4.69) is 37.7 Å². The van der Waals surface area contributed by atoms with Crippen LogP contribution in [0.25, 0.3) is 22.1 Å². The van der Waals surface area contributed by atoms with E-state index in [-0.39, 0.29) is 0 Å². The summed E-state index contributed by atoms with van der Waals surface area (Å²) < 4.78 is 0. The predicted molar refractivity (Wildman–Crippen MR) is 83.1 cm³/mol. The molecular weight excluding hydrogens is 288 g/mol. The second-order valence-electron chi connectivity index (χ2n) is 4.33. The summed E-state index contributed by atoms with van der Waals surface area (Å²) in [5, 5.41) is 12.4. The molecule has 0 radical (unpaired) electrons. The fraction of sp³-hybridized carbons (Fsp3) is 0.0714. The summed E-state index contributed by atoms with van der Waals surface area (Å²) in [6.07, 6.45) is 0. The van der Waals surface area contributed by atoms with Gasteiger partial charge in [-0.15, -0.1) is 21.5 Å². The van der Waals surface area contributed by atoms with Gasteiger partial charge in [0.15, 0.2) is 5.65 Å². The van der Waals surface area contributed by atoms with Crippen molar-refractivity contribution in [1.29, 1.82) is 0 Å². The normalized spacial score (nSPS) is 11.4. The Hall–Kier alpha value is -1.92. The summed E-state index contributed by atoms with van der Waals surface area (Å²) >= 11 is 3.35. The van der Waals surface area contributed by atoms with Gasteiger partial charge >= 0.3 is 0 Å². The van der Waals surface area contributed by atoms with Crippen LogP contribution in [0.15, 0.2) is 46.9 Å². The lowest BCUT2D eigenvalue weighted by atomic mass is 10.2. The molecule has 3 heterocycles. The minimum absolute atomic E-state index is 0.706. The number of hydrogen-bond acceptors (Lipinski definition) is 5. The van der Waals surface area contributed by atoms with E-state index in [0.717, 1.165) is 27.8 Å². The van der Waals surface area contributed by atoms with E-state index in [1.807, 2.05) is 24.3 Å². The van der Waals surface area contributed by atoms with Crippen molar-refractivity contribution < 1.29 is 0 Å². The Balaban J connectivity index is 1.69. The lowest BCUT2D eigenvalue weighted by molar-refractivity contribution is 0.878. The summed E-state index contributed by atoms with van der Waals surface area (Å²) in [6.45, 7) is 0. The van der Waals surface area contributed by atoms with E-state index in [0.29, 0.717) is 5.16 Å². The number of nitrogens with one attached hydrogen (secondary N) is 1. The number of H-pyrrole nitrogens is 1. The summed E-state index contributed by atoms with van der Waals surface area (Å²) in [6, 6.07) is 12.2. The number of fused-ring (bicyclic) bond motifs is 3. The van der Waals surface area contributed by atoms with Gasteiger partial charge in [0, 0.05) is 21.5 Å². The van der Waals surface area contributed by atoms with E-state index in [1.54, 1.807) is 23.1 Å². The number of rotatable bonds is 3. The first-order valence-corrected chi connectivity index (χ1v) is 8.03. The molecule has 0 atom stereocenters. The molecule has 0 aliphatic carbocycles.